The quantitative estimate of drug-likeness (QED) is 0.834. The van der Waals surface area contributed by atoms with E-state index in [9.17, 15) is 4.39 Å². The van der Waals surface area contributed by atoms with Gasteiger partial charge in [-0.25, -0.2) is 4.39 Å². The van der Waals surface area contributed by atoms with Gasteiger partial charge in [-0.1, -0.05) is 18.2 Å². The number of nitrogens with zero attached hydrogens (tertiary/aromatic N) is 1. The van der Waals surface area contributed by atoms with Crippen LogP contribution >= 0.6 is 0 Å². The van der Waals surface area contributed by atoms with Gasteiger partial charge >= 0.3 is 0 Å². The average molecular weight is 286 g/mol. The van der Waals surface area contributed by atoms with Crippen molar-refractivity contribution >= 4 is 11.4 Å². The molecule has 2 aromatic carbocycles. The van der Waals surface area contributed by atoms with Crippen LogP contribution in [0.4, 0.5) is 15.8 Å². The maximum absolute atomic E-state index is 13.7. The predicted octanol–water partition coefficient (Wildman–Crippen LogP) is 1.31. The summed E-state index contributed by atoms with van der Waals surface area (Å²) in [4.78, 5) is 3.80. The molecule has 21 heavy (non-hydrogen) atoms. The minimum atomic E-state index is -0.0917. The molecule has 0 spiro atoms. The summed E-state index contributed by atoms with van der Waals surface area (Å²) in [6, 6.07) is 15.1. The van der Waals surface area contributed by atoms with Gasteiger partial charge in [0.1, 0.15) is 12.4 Å². The van der Waals surface area contributed by atoms with Crippen LogP contribution < -0.4 is 15.5 Å². The topological polar surface area (TPSA) is 33.7 Å². The van der Waals surface area contributed by atoms with E-state index in [2.05, 4.69) is 17.0 Å². The predicted molar refractivity (Wildman–Crippen MR) is 83.9 cm³/mol. The highest BCUT2D eigenvalue weighted by Gasteiger charge is 2.21. The summed E-state index contributed by atoms with van der Waals surface area (Å²) in [5.74, 6) is -0.0917. The first-order valence-electron chi connectivity index (χ1n) is 7.40. The molecule has 0 unspecified atom stereocenters. The van der Waals surface area contributed by atoms with Gasteiger partial charge in [0.05, 0.1) is 26.2 Å². The largest absolute Gasteiger partial charge is 0.399 e. The highest BCUT2D eigenvalue weighted by molar-refractivity contribution is 5.53. The molecule has 3 rings (SSSR count). The van der Waals surface area contributed by atoms with E-state index in [1.165, 1.54) is 10.6 Å². The molecule has 0 saturated carbocycles. The van der Waals surface area contributed by atoms with Gasteiger partial charge in [0.2, 0.25) is 0 Å². The van der Waals surface area contributed by atoms with Gasteiger partial charge in [-0.3, -0.25) is 0 Å². The Bertz CT molecular complexity index is 589. The van der Waals surface area contributed by atoms with Crippen LogP contribution in [-0.4, -0.2) is 26.2 Å². The van der Waals surface area contributed by atoms with Crippen LogP contribution in [0.25, 0.3) is 0 Å². The Morgan fingerprint density at radius 2 is 1.67 bits per heavy atom. The molecule has 0 bridgehead atoms. The zero-order valence-corrected chi connectivity index (χ0v) is 12.1. The van der Waals surface area contributed by atoms with Gasteiger partial charge < -0.3 is 15.5 Å². The van der Waals surface area contributed by atoms with Crippen molar-refractivity contribution in [2.45, 2.75) is 6.54 Å². The minimum absolute atomic E-state index is 0.0917. The molecule has 3 N–H and O–H groups in total. The van der Waals surface area contributed by atoms with Crippen molar-refractivity contribution in [3.05, 3.63) is 59.9 Å². The summed E-state index contributed by atoms with van der Waals surface area (Å²) < 4.78 is 13.7. The number of nitrogen functional groups attached to an aromatic ring is 1. The third-order valence-corrected chi connectivity index (χ3v) is 4.13. The molecule has 4 heteroatoms. The van der Waals surface area contributed by atoms with E-state index in [1.54, 1.807) is 12.1 Å². The van der Waals surface area contributed by atoms with Gasteiger partial charge in [0.25, 0.3) is 0 Å². The summed E-state index contributed by atoms with van der Waals surface area (Å²) in [6.07, 6.45) is 0. The van der Waals surface area contributed by atoms with Crippen LogP contribution in [0.1, 0.15) is 5.56 Å². The van der Waals surface area contributed by atoms with Crippen LogP contribution in [0.3, 0.4) is 0 Å². The average Bonchev–Trinajstić information content (AvgIpc) is 2.51. The molecule has 1 saturated heterocycles. The lowest BCUT2D eigenvalue weighted by molar-refractivity contribution is -0.914. The number of nitrogens with two attached hydrogens (primary N) is 1. The molecule has 0 amide bonds. The molecule has 0 aromatic heterocycles. The second kappa shape index (κ2) is 6.14. The minimum Gasteiger partial charge on any atom is -0.399 e. The van der Waals surface area contributed by atoms with Crippen LogP contribution in [0.5, 0.6) is 0 Å². The third-order valence-electron chi connectivity index (χ3n) is 4.13. The Kier molecular flexibility index (Phi) is 4.06. The SMILES string of the molecule is Nc1ccc(N2CC[NH+](Cc3ccccc3F)CC2)cc1. The highest BCUT2D eigenvalue weighted by Crippen LogP contribution is 2.16. The zero-order chi connectivity index (χ0) is 14.7. The van der Waals surface area contributed by atoms with Gasteiger partial charge in [0, 0.05) is 16.9 Å². The van der Waals surface area contributed by atoms with E-state index < -0.39 is 0 Å². The molecule has 110 valence electrons. The van der Waals surface area contributed by atoms with Crippen molar-refractivity contribution in [3.8, 4) is 0 Å². The van der Waals surface area contributed by atoms with E-state index in [0.29, 0.717) is 0 Å². The lowest BCUT2D eigenvalue weighted by Crippen LogP contribution is -3.13. The molecule has 0 radical (unpaired) electrons. The van der Waals surface area contributed by atoms with Crippen molar-refractivity contribution in [2.24, 2.45) is 0 Å². The maximum Gasteiger partial charge on any atom is 0.132 e. The van der Waals surface area contributed by atoms with Crippen LogP contribution in [0.2, 0.25) is 0 Å². The van der Waals surface area contributed by atoms with Gasteiger partial charge in [-0.15, -0.1) is 0 Å². The number of rotatable bonds is 3. The smallest absolute Gasteiger partial charge is 0.132 e. The summed E-state index contributed by atoms with van der Waals surface area (Å²) in [7, 11) is 0. The number of hydrogen-bond acceptors (Lipinski definition) is 2. The Hall–Kier alpha value is -2.07. The van der Waals surface area contributed by atoms with Crippen LogP contribution in [0, 0.1) is 5.82 Å². The van der Waals surface area contributed by atoms with Crippen molar-refractivity contribution in [3.63, 3.8) is 0 Å². The summed E-state index contributed by atoms with van der Waals surface area (Å²) in [5, 5.41) is 0. The number of anilines is 2. The highest BCUT2D eigenvalue weighted by atomic mass is 19.1. The number of piperazine rings is 1. The van der Waals surface area contributed by atoms with Crippen molar-refractivity contribution in [1.82, 2.24) is 0 Å². The fourth-order valence-electron chi connectivity index (χ4n) is 2.85. The fraction of sp³-hybridized carbons (Fsp3) is 0.294. The van der Waals surface area contributed by atoms with E-state index in [1.807, 2.05) is 24.3 Å². The summed E-state index contributed by atoms with van der Waals surface area (Å²) >= 11 is 0. The maximum atomic E-state index is 13.7. The van der Waals surface area contributed by atoms with Crippen molar-refractivity contribution in [1.29, 1.82) is 0 Å². The molecule has 1 aliphatic heterocycles. The van der Waals surface area contributed by atoms with Gasteiger partial charge in [-0.05, 0) is 30.3 Å². The molecule has 3 nitrogen and oxygen atoms in total. The summed E-state index contributed by atoms with van der Waals surface area (Å²) in [5.41, 5.74) is 8.54. The Labute approximate surface area is 124 Å². The van der Waals surface area contributed by atoms with E-state index in [-0.39, 0.29) is 5.82 Å². The molecule has 1 aliphatic rings. The number of quaternary nitrogens is 1. The zero-order valence-electron chi connectivity index (χ0n) is 12.1. The molecular weight excluding hydrogens is 265 g/mol. The molecule has 2 aromatic rings. The van der Waals surface area contributed by atoms with E-state index in [0.717, 1.165) is 44.0 Å². The van der Waals surface area contributed by atoms with E-state index >= 15 is 0 Å². The third kappa shape index (κ3) is 3.34. The number of benzene rings is 2. The number of hydrogen-bond donors (Lipinski definition) is 2. The molecule has 1 fully saturated rings. The molecule has 0 aliphatic carbocycles. The lowest BCUT2D eigenvalue weighted by Gasteiger charge is -2.33. The first-order chi connectivity index (χ1) is 10.2. The fourth-order valence-corrected chi connectivity index (χ4v) is 2.85. The molecular formula is C17H21FN3+. The van der Waals surface area contributed by atoms with Gasteiger partial charge in [0.15, 0.2) is 0 Å². The summed E-state index contributed by atoms with van der Waals surface area (Å²) in [6.45, 7) is 4.81. The van der Waals surface area contributed by atoms with Crippen LogP contribution in [0.15, 0.2) is 48.5 Å². The van der Waals surface area contributed by atoms with Crippen molar-refractivity contribution in [2.75, 3.05) is 36.8 Å². The second-order valence-electron chi connectivity index (χ2n) is 5.60. The number of nitrogens with one attached hydrogen (secondary N) is 1. The first-order valence-corrected chi connectivity index (χ1v) is 7.40. The first kappa shape index (κ1) is 13.9. The normalized spacial score (nSPS) is 16.1. The monoisotopic (exact) mass is 286 g/mol. The van der Waals surface area contributed by atoms with Crippen LogP contribution in [-0.2, 0) is 6.54 Å². The lowest BCUT2D eigenvalue weighted by atomic mass is 10.1. The Morgan fingerprint density at radius 1 is 1.00 bits per heavy atom. The second-order valence-corrected chi connectivity index (χ2v) is 5.60. The Morgan fingerprint density at radius 3 is 2.33 bits per heavy atom. The molecule has 0 atom stereocenters. The van der Waals surface area contributed by atoms with Gasteiger partial charge in [-0.2, -0.15) is 0 Å². The van der Waals surface area contributed by atoms with Crippen molar-refractivity contribution < 1.29 is 9.29 Å². The number of halogens is 1. The Balaban J connectivity index is 1.58. The molecule has 1 heterocycles. The standard InChI is InChI=1S/C17H20FN3/c18-17-4-2-1-3-14(17)13-20-9-11-21(12-10-20)16-7-5-15(19)6-8-16/h1-8H,9-13,19H2/p+1. The van der Waals surface area contributed by atoms with E-state index in [4.69, 9.17) is 5.73 Å².